The number of hydrogen-bond acceptors (Lipinski definition) is 5. The molecule has 1 N–H and O–H groups in total. The van der Waals surface area contributed by atoms with Gasteiger partial charge in [-0.15, -0.1) is 0 Å². The monoisotopic (exact) mass is 376 g/mol. The standard InChI is InChI=1S/C21H32N2O4/c1-4-27-18-7-5-17(6-8-18)20(24)9-10-21(25)22-15-19(16(2)3)23-11-13-26-14-12-23/h5-8,16,19H,4,9-15H2,1-3H3,(H,22,25). The molecule has 1 aromatic carbocycles. The van der Waals surface area contributed by atoms with Gasteiger partial charge in [0.25, 0.3) is 0 Å². The third-order valence-corrected chi connectivity index (χ3v) is 4.86. The van der Waals surface area contributed by atoms with Crippen molar-refractivity contribution < 1.29 is 19.1 Å². The van der Waals surface area contributed by atoms with Crippen LogP contribution in [-0.4, -0.2) is 62.1 Å². The smallest absolute Gasteiger partial charge is 0.220 e. The van der Waals surface area contributed by atoms with Crippen LogP contribution >= 0.6 is 0 Å². The minimum Gasteiger partial charge on any atom is -0.494 e. The number of carbonyl (C=O) groups excluding carboxylic acids is 2. The number of Topliss-reactive ketones (excluding diaryl/α,β-unsaturated/α-hetero) is 1. The highest BCUT2D eigenvalue weighted by Gasteiger charge is 2.24. The molecule has 1 aliphatic rings. The van der Waals surface area contributed by atoms with Crippen molar-refractivity contribution in [2.45, 2.75) is 39.7 Å². The largest absolute Gasteiger partial charge is 0.494 e. The molecule has 1 fully saturated rings. The van der Waals surface area contributed by atoms with Gasteiger partial charge in [0, 0.05) is 44.1 Å². The maximum Gasteiger partial charge on any atom is 0.220 e. The maximum atomic E-state index is 12.3. The fraction of sp³-hybridized carbons (Fsp3) is 0.619. The van der Waals surface area contributed by atoms with Crippen LogP contribution in [0.1, 0.15) is 44.0 Å². The first-order valence-electron chi connectivity index (χ1n) is 9.85. The Morgan fingerprint density at radius 3 is 2.41 bits per heavy atom. The highest BCUT2D eigenvalue weighted by atomic mass is 16.5. The van der Waals surface area contributed by atoms with E-state index in [4.69, 9.17) is 9.47 Å². The number of nitrogens with zero attached hydrogens (tertiary/aromatic N) is 1. The van der Waals surface area contributed by atoms with Gasteiger partial charge >= 0.3 is 0 Å². The second kappa shape index (κ2) is 11.0. The number of hydrogen-bond donors (Lipinski definition) is 1. The highest BCUT2D eigenvalue weighted by Crippen LogP contribution is 2.15. The molecule has 1 saturated heterocycles. The molecule has 1 unspecified atom stereocenters. The molecular formula is C21H32N2O4. The lowest BCUT2D eigenvalue weighted by Crippen LogP contribution is -2.51. The summed E-state index contributed by atoms with van der Waals surface area (Å²) in [6.07, 6.45) is 0.420. The summed E-state index contributed by atoms with van der Waals surface area (Å²) in [6.45, 7) is 10.7. The lowest BCUT2D eigenvalue weighted by atomic mass is 10.0. The summed E-state index contributed by atoms with van der Waals surface area (Å²) in [5.41, 5.74) is 0.611. The van der Waals surface area contributed by atoms with Crippen LogP contribution < -0.4 is 10.1 Å². The van der Waals surface area contributed by atoms with E-state index in [0.29, 0.717) is 30.7 Å². The van der Waals surface area contributed by atoms with Crippen molar-refractivity contribution in [1.82, 2.24) is 10.2 Å². The summed E-state index contributed by atoms with van der Waals surface area (Å²) >= 11 is 0. The molecule has 27 heavy (non-hydrogen) atoms. The van der Waals surface area contributed by atoms with Gasteiger partial charge < -0.3 is 14.8 Å². The molecule has 1 aliphatic heterocycles. The molecule has 150 valence electrons. The van der Waals surface area contributed by atoms with E-state index in [1.165, 1.54) is 0 Å². The molecule has 2 rings (SSSR count). The van der Waals surface area contributed by atoms with E-state index >= 15 is 0 Å². The number of carbonyl (C=O) groups is 2. The summed E-state index contributed by atoms with van der Waals surface area (Å²) in [4.78, 5) is 26.8. The van der Waals surface area contributed by atoms with E-state index in [9.17, 15) is 9.59 Å². The molecule has 1 atom stereocenters. The highest BCUT2D eigenvalue weighted by molar-refractivity contribution is 5.98. The third-order valence-electron chi connectivity index (χ3n) is 4.86. The van der Waals surface area contributed by atoms with Crippen molar-refractivity contribution in [2.75, 3.05) is 39.5 Å². The molecule has 0 aliphatic carbocycles. The van der Waals surface area contributed by atoms with Gasteiger partial charge in [-0.3, -0.25) is 14.5 Å². The van der Waals surface area contributed by atoms with Crippen molar-refractivity contribution in [3.05, 3.63) is 29.8 Å². The number of rotatable bonds is 10. The average Bonchev–Trinajstić information content (AvgIpc) is 2.67. The molecule has 0 spiro atoms. The molecule has 0 bridgehead atoms. The van der Waals surface area contributed by atoms with Gasteiger partial charge in [-0.05, 0) is 37.1 Å². The first-order valence-corrected chi connectivity index (χ1v) is 9.85. The molecule has 0 radical (unpaired) electrons. The number of amides is 1. The zero-order valence-corrected chi connectivity index (χ0v) is 16.7. The lowest BCUT2D eigenvalue weighted by Gasteiger charge is -2.36. The number of nitrogens with one attached hydrogen (secondary N) is 1. The number of benzene rings is 1. The van der Waals surface area contributed by atoms with Gasteiger partial charge in [0.15, 0.2) is 5.78 Å². The Bertz CT molecular complexity index is 595. The number of morpholine rings is 1. The molecule has 1 aromatic rings. The van der Waals surface area contributed by atoms with E-state index in [-0.39, 0.29) is 24.5 Å². The minimum atomic E-state index is -0.0757. The first kappa shape index (κ1) is 21.4. The lowest BCUT2D eigenvalue weighted by molar-refractivity contribution is -0.121. The van der Waals surface area contributed by atoms with Crippen molar-refractivity contribution in [2.24, 2.45) is 5.92 Å². The van der Waals surface area contributed by atoms with Crippen molar-refractivity contribution >= 4 is 11.7 Å². The quantitative estimate of drug-likeness (QED) is 0.636. The SMILES string of the molecule is CCOc1ccc(C(=O)CCC(=O)NCC(C(C)C)N2CCOCC2)cc1. The average molecular weight is 376 g/mol. The topological polar surface area (TPSA) is 67.9 Å². The van der Waals surface area contributed by atoms with E-state index in [0.717, 1.165) is 32.1 Å². The summed E-state index contributed by atoms with van der Waals surface area (Å²) < 4.78 is 10.8. The van der Waals surface area contributed by atoms with E-state index in [1.54, 1.807) is 24.3 Å². The Hall–Kier alpha value is -1.92. The number of ether oxygens (including phenoxy) is 2. The maximum absolute atomic E-state index is 12.3. The van der Waals surface area contributed by atoms with Gasteiger partial charge in [0.2, 0.25) is 5.91 Å². The van der Waals surface area contributed by atoms with Crippen molar-refractivity contribution in [3.63, 3.8) is 0 Å². The zero-order chi connectivity index (χ0) is 19.6. The van der Waals surface area contributed by atoms with Crippen LogP contribution in [0.3, 0.4) is 0 Å². The van der Waals surface area contributed by atoms with Crippen molar-refractivity contribution in [1.29, 1.82) is 0 Å². The van der Waals surface area contributed by atoms with Gasteiger partial charge in [-0.1, -0.05) is 13.8 Å². The van der Waals surface area contributed by atoms with Gasteiger partial charge in [-0.25, -0.2) is 0 Å². The van der Waals surface area contributed by atoms with Crippen LogP contribution in [0.25, 0.3) is 0 Å². The Kier molecular flexibility index (Phi) is 8.75. The predicted octanol–water partition coefficient (Wildman–Crippen LogP) is 2.52. The Labute approximate surface area is 162 Å². The van der Waals surface area contributed by atoms with Crippen molar-refractivity contribution in [3.8, 4) is 5.75 Å². The molecule has 1 amide bonds. The molecule has 6 nitrogen and oxygen atoms in total. The van der Waals surface area contributed by atoms with Crippen LogP contribution in [0.5, 0.6) is 5.75 Å². The number of ketones is 1. The fourth-order valence-corrected chi connectivity index (χ4v) is 3.28. The minimum absolute atomic E-state index is 0.0261. The first-order chi connectivity index (χ1) is 13.0. The summed E-state index contributed by atoms with van der Waals surface area (Å²) in [5.74, 6) is 1.08. The predicted molar refractivity (Wildman–Crippen MR) is 105 cm³/mol. The van der Waals surface area contributed by atoms with Crippen LogP contribution in [0.15, 0.2) is 24.3 Å². The second-order valence-electron chi connectivity index (χ2n) is 7.14. The normalized spacial score (nSPS) is 16.1. The molecular weight excluding hydrogens is 344 g/mol. The summed E-state index contributed by atoms with van der Waals surface area (Å²) in [6, 6.07) is 7.36. The summed E-state index contributed by atoms with van der Waals surface area (Å²) in [5, 5.41) is 3.00. The van der Waals surface area contributed by atoms with Gasteiger partial charge in [-0.2, -0.15) is 0 Å². The van der Waals surface area contributed by atoms with E-state index in [1.807, 2.05) is 6.92 Å². The fourth-order valence-electron chi connectivity index (χ4n) is 3.28. The van der Waals surface area contributed by atoms with Gasteiger partial charge in [0.1, 0.15) is 5.75 Å². The molecule has 0 aromatic heterocycles. The van der Waals surface area contributed by atoms with Crippen LogP contribution in [0, 0.1) is 5.92 Å². The van der Waals surface area contributed by atoms with Crippen LogP contribution in [0.4, 0.5) is 0 Å². The van der Waals surface area contributed by atoms with E-state index < -0.39 is 0 Å². The van der Waals surface area contributed by atoms with E-state index in [2.05, 4.69) is 24.1 Å². The Balaban J connectivity index is 1.76. The summed E-state index contributed by atoms with van der Waals surface area (Å²) in [7, 11) is 0. The molecule has 6 heteroatoms. The van der Waals surface area contributed by atoms with Crippen LogP contribution in [-0.2, 0) is 9.53 Å². The molecule has 1 heterocycles. The Morgan fingerprint density at radius 1 is 1.15 bits per heavy atom. The third kappa shape index (κ3) is 6.96. The van der Waals surface area contributed by atoms with Gasteiger partial charge in [0.05, 0.1) is 19.8 Å². The second-order valence-corrected chi connectivity index (χ2v) is 7.14. The zero-order valence-electron chi connectivity index (χ0n) is 16.7. The Morgan fingerprint density at radius 2 is 1.81 bits per heavy atom. The molecule has 0 saturated carbocycles. The van der Waals surface area contributed by atoms with Crippen LogP contribution in [0.2, 0.25) is 0 Å².